The van der Waals surface area contributed by atoms with Gasteiger partial charge in [-0.2, -0.15) is 0 Å². The second-order valence-electron chi connectivity index (χ2n) is 7.54. The van der Waals surface area contributed by atoms with Gasteiger partial charge >= 0.3 is 5.97 Å². The molecule has 2 aromatic rings. The average molecular weight is 394 g/mol. The zero-order valence-electron chi connectivity index (χ0n) is 16.6. The minimum absolute atomic E-state index is 0.0473. The number of nitrogens with zero attached hydrogens (tertiary/aromatic N) is 2. The number of piperidine rings is 1. The van der Waals surface area contributed by atoms with Crippen molar-refractivity contribution in [3.63, 3.8) is 0 Å². The summed E-state index contributed by atoms with van der Waals surface area (Å²) in [6, 6.07) is 17.5. The van der Waals surface area contributed by atoms with E-state index < -0.39 is 0 Å². The van der Waals surface area contributed by atoms with Gasteiger partial charge in [0.25, 0.3) is 0 Å². The minimum atomic E-state index is -0.161. The Morgan fingerprint density at radius 1 is 1.03 bits per heavy atom. The van der Waals surface area contributed by atoms with Crippen LogP contribution in [0.5, 0.6) is 5.75 Å². The molecule has 2 heterocycles. The monoisotopic (exact) mass is 394 g/mol. The molecule has 1 atom stereocenters. The van der Waals surface area contributed by atoms with E-state index in [1.807, 2.05) is 59.5 Å². The van der Waals surface area contributed by atoms with Crippen molar-refractivity contribution in [2.24, 2.45) is 5.92 Å². The summed E-state index contributed by atoms with van der Waals surface area (Å²) in [6.45, 7) is 2.18. The van der Waals surface area contributed by atoms with Crippen molar-refractivity contribution < 1.29 is 19.1 Å². The molecule has 2 aliphatic rings. The van der Waals surface area contributed by atoms with Gasteiger partial charge in [-0.1, -0.05) is 42.5 Å². The van der Waals surface area contributed by atoms with Crippen LogP contribution in [0.15, 0.2) is 54.6 Å². The van der Waals surface area contributed by atoms with E-state index >= 15 is 0 Å². The third-order valence-electron chi connectivity index (χ3n) is 5.77. The number of fused-ring (bicyclic) bond motifs is 1. The van der Waals surface area contributed by atoms with E-state index in [0.717, 1.165) is 29.8 Å². The molecular weight excluding hydrogens is 368 g/mol. The van der Waals surface area contributed by atoms with Crippen LogP contribution in [-0.2, 0) is 14.3 Å². The third kappa shape index (κ3) is 4.12. The molecule has 1 amide bonds. The molecular formula is C23H26N2O4. The lowest BCUT2D eigenvalue weighted by Gasteiger charge is -2.39. The smallest absolute Gasteiger partial charge is 0.308 e. The van der Waals surface area contributed by atoms with Crippen LogP contribution >= 0.6 is 0 Å². The van der Waals surface area contributed by atoms with E-state index in [9.17, 15) is 9.59 Å². The van der Waals surface area contributed by atoms with Crippen LogP contribution in [0.1, 0.15) is 24.4 Å². The van der Waals surface area contributed by atoms with Crippen LogP contribution in [0.2, 0.25) is 0 Å². The summed E-state index contributed by atoms with van der Waals surface area (Å²) in [7, 11) is 1.43. The first-order chi connectivity index (χ1) is 14.2. The Morgan fingerprint density at radius 3 is 2.45 bits per heavy atom. The second kappa shape index (κ2) is 8.66. The lowest BCUT2D eigenvalue weighted by Crippen LogP contribution is -2.48. The fraction of sp³-hybridized carbons (Fsp3) is 0.391. The van der Waals surface area contributed by atoms with Crippen molar-refractivity contribution in [2.45, 2.75) is 18.9 Å². The maximum Gasteiger partial charge on any atom is 0.308 e. The number of para-hydroxylation sites is 2. The summed E-state index contributed by atoms with van der Waals surface area (Å²) >= 11 is 0. The Kier molecular flexibility index (Phi) is 5.81. The van der Waals surface area contributed by atoms with Crippen molar-refractivity contribution in [1.29, 1.82) is 0 Å². The number of carbonyl (C=O) groups excluding carboxylic acids is 2. The van der Waals surface area contributed by atoms with E-state index in [-0.39, 0.29) is 23.8 Å². The molecule has 6 nitrogen and oxygen atoms in total. The quantitative estimate of drug-likeness (QED) is 0.746. The van der Waals surface area contributed by atoms with Crippen molar-refractivity contribution in [2.75, 3.05) is 38.3 Å². The average Bonchev–Trinajstić information content (AvgIpc) is 2.78. The SMILES string of the molecule is COC(=O)C1CCN(CC(=O)N2c3ccccc3OC[C@@H]2c2ccccc2)CC1. The summed E-state index contributed by atoms with van der Waals surface area (Å²) in [5.41, 5.74) is 1.86. The fourth-order valence-corrected chi connectivity index (χ4v) is 4.18. The minimum Gasteiger partial charge on any atom is -0.489 e. The fourth-order valence-electron chi connectivity index (χ4n) is 4.18. The largest absolute Gasteiger partial charge is 0.489 e. The van der Waals surface area contributed by atoms with Crippen LogP contribution in [0, 0.1) is 5.92 Å². The van der Waals surface area contributed by atoms with Gasteiger partial charge in [0.2, 0.25) is 5.91 Å². The molecule has 4 rings (SSSR count). The van der Waals surface area contributed by atoms with Crippen molar-refractivity contribution in [1.82, 2.24) is 4.90 Å². The Hall–Kier alpha value is -2.86. The predicted octanol–water partition coefficient (Wildman–Crippen LogP) is 3.04. The summed E-state index contributed by atoms with van der Waals surface area (Å²) < 4.78 is 10.8. The molecule has 152 valence electrons. The summed E-state index contributed by atoms with van der Waals surface area (Å²) in [4.78, 5) is 29.2. The van der Waals surface area contributed by atoms with Crippen molar-refractivity contribution in [3.05, 3.63) is 60.2 Å². The van der Waals surface area contributed by atoms with Gasteiger partial charge in [0.05, 0.1) is 31.3 Å². The lowest BCUT2D eigenvalue weighted by molar-refractivity contribution is -0.147. The van der Waals surface area contributed by atoms with Gasteiger partial charge in [-0.3, -0.25) is 19.4 Å². The van der Waals surface area contributed by atoms with Crippen LogP contribution in [0.25, 0.3) is 0 Å². The molecule has 0 aliphatic carbocycles. The first-order valence-electron chi connectivity index (χ1n) is 10.1. The molecule has 0 saturated carbocycles. The molecule has 0 aromatic heterocycles. The molecule has 1 fully saturated rings. The zero-order chi connectivity index (χ0) is 20.2. The van der Waals surface area contributed by atoms with Gasteiger partial charge < -0.3 is 9.47 Å². The van der Waals surface area contributed by atoms with Gasteiger partial charge in [-0.05, 0) is 43.6 Å². The summed E-state index contributed by atoms with van der Waals surface area (Å²) in [5, 5.41) is 0. The molecule has 0 N–H and O–H groups in total. The Labute approximate surface area is 171 Å². The highest BCUT2D eigenvalue weighted by atomic mass is 16.5. The Morgan fingerprint density at radius 2 is 1.72 bits per heavy atom. The van der Waals surface area contributed by atoms with Gasteiger partial charge in [-0.25, -0.2) is 0 Å². The molecule has 2 aliphatic heterocycles. The molecule has 0 bridgehead atoms. The van der Waals surface area contributed by atoms with Gasteiger partial charge in [0, 0.05) is 0 Å². The number of hydrogen-bond acceptors (Lipinski definition) is 5. The number of rotatable bonds is 4. The number of carbonyl (C=O) groups is 2. The van der Waals surface area contributed by atoms with Crippen LogP contribution in [-0.4, -0.2) is 50.1 Å². The highest BCUT2D eigenvalue weighted by Gasteiger charge is 2.35. The van der Waals surface area contributed by atoms with Crippen LogP contribution in [0.4, 0.5) is 5.69 Å². The Balaban J connectivity index is 1.52. The predicted molar refractivity (Wildman–Crippen MR) is 110 cm³/mol. The third-order valence-corrected chi connectivity index (χ3v) is 5.77. The van der Waals surface area contributed by atoms with E-state index in [0.29, 0.717) is 26.2 Å². The highest BCUT2D eigenvalue weighted by molar-refractivity contribution is 5.97. The van der Waals surface area contributed by atoms with E-state index in [1.165, 1.54) is 7.11 Å². The standard InChI is InChI=1S/C23H26N2O4/c1-28-23(27)18-11-13-24(14-12-18)15-22(26)25-19-9-5-6-10-21(19)29-16-20(25)17-7-3-2-4-8-17/h2-10,18,20H,11-16H2,1H3/t20-/m1/s1. The van der Waals surface area contributed by atoms with Crippen molar-refractivity contribution in [3.8, 4) is 5.75 Å². The second-order valence-corrected chi connectivity index (χ2v) is 7.54. The summed E-state index contributed by atoms with van der Waals surface area (Å²) in [5.74, 6) is 0.568. The molecule has 0 radical (unpaired) electrons. The highest BCUT2D eigenvalue weighted by Crippen LogP contribution is 2.39. The molecule has 0 unspecified atom stereocenters. The maximum atomic E-state index is 13.4. The number of methoxy groups -OCH3 is 1. The number of likely N-dealkylation sites (tertiary alicyclic amines) is 1. The maximum absolute atomic E-state index is 13.4. The van der Waals surface area contributed by atoms with Crippen LogP contribution in [0.3, 0.4) is 0 Å². The number of anilines is 1. The van der Waals surface area contributed by atoms with Crippen LogP contribution < -0.4 is 9.64 Å². The Bertz CT molecular complexity index is 862. The van der Waals surface area contributed by atoms with E-state index in [2.05, 4.69) is 4.90 Å². The molecule has 0 spiro atoms. The molecule has 2 aromatic carbocycles. The number of benzene rings is 2. The summed E-state index contributed by atoms with van der Waals surface area (Å²) in [6.07, 6.45) is 1.45. The normalized spacial score (nSPS) is 19.9. The van der Waals surface area contributed by atoms with E-state index in [4.69, 9.17) is 9.47 Å². The van der Waals surface area contributed by atoms with Gasteiger partial charge in [0.15, 0.2) is 0 Å². The van der Waals surface area contributed by atoms with Crippen molar-refractivity contribution >= 4 is 17.6 Å². The number of hydrogen-bond donors (Lipinski definition) is 0. The topological polar surface area (TPSA) is 59.1 Å². The lowest BCUT2D eigenvalue weighted by atomic mass is 9.97. The van der Waals surface area contributed by atoms with E-state index in [1.54, 1.807) is 0 Å². The molecule has 29 heavy (non-hydrogen) atoms. The first kappa shape index (κ1) is 19.5. The molecule has 1 saturated heterocycles. The van der Waals surface area contributed by atoms with Gasteiger partial charge in [0.1, 0.15) is 12.4 Å². The number of ether oxygens (including phenoxy) is 2. The number of esters is 1. The zero-order valence-corrected chi connectivity index (χ0v) is 16.6. The van der Waals surface area contributed by atoms with Gasteiger partial charge in [-0.15, -0.1) is 0 Å². The first-order valence-corrected chi connectivity index (χ1v) is 10.1. The number of amides is 1. The molecule has 6 heteroatoms.